The number of ether oxygens (including phenoxy) is 3. The van der Waals surface area contributed by atoms with Crippen molar-refractivity contribution in [2.45, 2.75) is 271 Å². The van der Waals surface area contributed by atoms with Gasteiger partial charge in [0.25, 0.3) is 0 Å². The molecule has 0 aliphatic rings. The lowest BCUT2D eigenvalue weighted by molar-refractivity contribution is -0.167. The van der Waals surface area contributed by atoms with E-state index in [-0.39, 0.29) is 31.1 Å². The number of hydrogen-bond acceptors (Lipinski definition) is 6. The van der Waals surface area contributed by atoms with Gasteiger partial charge in [-0.2, -0.15) is 0 Å². The number of unbranched alkanes of at least 4 members (excludes halogenated alkanes) is 22. The van der Waals surface area contributed by atoms with Crippen LogP contribution in [0.1, 0.15) is 265 Å². The lowest BCUT2D eigenvalue weighted by atomic mass is 10.1. The van der Waals surface area contributed by atoms with Crippen LogP contribution in [0.25, 0.3) is 0 Å². The van der Waals surface area contributed by atoms with Crippen molar-refractivity contribution in [1.29, 1.82) is 0 Å². The topological polar surface area (TPSA) is 78.9 Å². The molecule has 0 fully saturated rings. The summed E-state index contributed by atoms with van der Waals surface area (Å²) in [5.74, 6) is -0.912. The van der Waals surface area contributed by atoms with E-state index < -0.39 is 6.10 Å². The van der Waals surface area contributed by atoms with Gasteiger partial charge in [0.2, 0.25) is 0 Å². The van der Waals surface area contributed by atoms with Crippen LogP contribution in [-0.2, 0) is 28.6 Å². The van der Waals surface area contributed by atoms with Crippen molar-refractivity contribution in [3.05, 3.63) is 122 Å². The van der Waals surface area contributed by atoms with Crippen LogP contribution < -0.4 is 0 Å². The Hall–Kier alpha value is -4.19. The summed E-state index contributed by atoms with van der Waals surface area (Å²) in [4.78, 5) is 37.9. The Morgan fingerprint density at radius 2 is 0.534 bits per heavy atom. The third kappa shape index (κ3) is 58.6. The summed E-state index contributed by atoms with van der Waals surface area (Å²) < 4.78 is 16.8. The first-order valence-electron chi connectivity index (χ1n) is 30.0. The van der Waals surface area contributed by atoms with Gasteiger partial charge in [0.1, 0.15) is 13.2 Å². The number of esters is 3. The summed E-state index contributed by atoms with van der Waals surface area (Å²) in [6.45, 7) is 6.45. The first-order valence-corrected chi connectivity index (χ1v) is 30.0. The van der Waals surface area contributed by atoms with Gasteiger partial charge in [-0.1, -0.05) is 251 Å². The molecule has 0 aromatic carbocycles. The van der Waals surface area contributed by atoms with Gasteiger partial charge >= 0.3 is 17.9 Å². The van der Waals surface area contributed by atoms with Crippen molar-refractivity contribution >= 4 is 17.9 Å². The van der Waals surface area contributed by atoms with Crippen LogP contribution in [0.15, 0.2) is 122 Å². The lowest BCUT2D eigenvalue weighted by Gasteiger charge is -2.18. The molecule has 6 heteroatoms. The van der Waals surface area contributed by atoms with Gasteiger partial charge in [-0.3, -0.25) is 14.4 Å². The summed E-state index contributed by atoms with van der Waals surface area (Å²) >= 11 is 0. The molecule has 0 heterocycles. The summed E-state index contributed by atoms with van der Waals surface area (Å²) in [5, 5.41) is 0. The average Bonchev–Trinajstić information content (AvgIpc) is 3.39. The second-order valence-corrected chi connectivity index (χ2v) is 19.5. The van der Waals surface area contributed by atoms with Crippen LogP contribution in [-0.4, -0.2) is 37.2 Å². The molecular weight excluding hydrogens is 901 g/mol. The summed E-state index contributed by atoms with van der Waals surface area (Å²) in [6, 6.07) is 0. The molecule has 414 valence electrons. The van der Waals surface area contributed by atoms with E-state index in [1.165, 1.54) is 89.9 Å². The van der Waals surface area contributed by atoms with E-state index in [0.29, 0.717) is 19.3 Å². The molecule has 1 unspecified atom stereocenters. The third-order valence-corrected chi connectivity index (χ3v) is 12.5. The van der Waals surface area contributed by atoms with Crippen molar-refractivity contribution < 1.29 is 28.6 Å². The number of allylic oxidation sites excluding steroid dienone is 20. The minimum absolute atomic E-state index is 0.0845. The molecule has 0 saturated carbocycles. The third-order valence-electron chi connectivity index (χ3n) is 12.5. The highest BCUT2D eigenvalue weighted by Gasteiger charge is 2.19. The van der Waals surface area contributed by atoms with Crippen molar-refractivity contribution in [3.63, 3.8) is 0 Å². The number of rotatable bonds is 53. The van der Waals surface area contributed by atoms with Gasteiger partial charge in [-0.05, 0) is 116 Å². The molecule has 0 aromatic rings. The largest absolute Gasteiger partial charge is 0.462 e. The molecule has 6 nitrogen and oxygen atoms in total. The fourth-order valence-electron chi connectivity index (χ4n) is 7.96. The maximum atomic E-state index is 12.8. The van der Waals surface area contributed by atoms with Crippen LogP contribution in [0.4, 0.5) is 0 Å². The summed E-state index contributed by atoms with van der Waals surface area (Å²) in [5.41, 5.74) is 0. The maximum absolute atomic E-state index is 12.8. The maximum Gasteiger partial charge on any atom is 0.306 e. The molecule has 1 atom stereocenters. The van der Waals surface area contributed by atoms with Crippen LogP contribution >= 0.6 is 0 Å². The number of carbonyl (C=O) groups is 3. The molecule has 0 aromatic heterocycles. The fraction of sp³-hybridized carbons (Fsp3) is 0.657. The van der Waals surface area contributed by atoms with E-state index in [9.17, 15) is 14.4 Å². The van der Waals surface area contributed by atoms with Gasteiger partial charge in [-0.25, -0.2) is 0 Å². The normalized spacial score (nSPS) is 13.0. The Balaban J connectivity index is 4.14. The van der Waals surface area contributed by atoms with Gasteiger partial charge in [0.05, 0.1) is 0 Å². The lowest BCUT2D eigenvalue weighted by Crippen LogP contribution is -2.30. The molecule has 73 heavy (non-hydrogen) atoms. The summed E-state index contributed by atoms with van der Waals surface area (Å²) in [6.07, 6.45) is 83.6. The van der Waals surface area contributed by atoms with E-state index in [2.05, 4.69) is 142 Å². The second-order valence-electron chi connectivity index (χ2n) is 19.5. The van der Waals surface area contributed by atoms with Crippen LogP contribution in [0.5, 0.6) is 0 Å². The molecule has 0 aliphatic heterocycles. The van der Waals surface area contributed by atoms with E-state index in [4.69, 9.17) is 14.2 Å². The van der Waals surface area contributed by atoms with Crippen molar-refractivity contribution in [2.24, 2.45) is 0 Å². The minimum atomic E-state index is -0.785. The molecule has 0 aliphatic carbocycles. The van der Waals surface area contributed by atoms with Crippen LogP contribution in [0.3, 0.4) is 0 Å². The van der Waals surface area contributed by atoms with Crippen molar-refractivity contribution in [1.82, 2.24) is 0 Å². The first-order chi connectivity index (χ1) is 36.0. The number of hydrogen-bond donors (Lipinski definition) is 0. The van der Waals surface area contributed by atoms with Gasteiger partial charge in [0, 0.05) is 19.3 Å². The molecule has 0 saturated heterocycles. The number of carbonyl (C=O) groups excluding carboxylic acids is 3. The van der Waals surface area contributed by atoms with Crippen LogP contribution in [0, 0.1) is 0 Å². The molecule has 0 rings (SSSR count). The molecular formula is C67H110O6. The SMILES string of the molecule is CC/C=C\C/C=C\C/C=C\C/C=C\C/C=C\C/C=C\C/C=C\C/C=C\C/C=C\CCCCCCCCCC(=O)OCC(COC(=O)CCCCCCCCCC)OC(=O)CCCCCCC/C=C\CCCCC. The Morgan fingerprint density at radius 3 is 0.877 bits per heavy atom. The molecule has 0 amide bonds. The van der Waals surface area contributed by atoms with E-state index in [0.717, 1.165) is 135 Å². The van der Waals surface area contributed by atoms with Gasteiger partial charge in [-0.15, -0.1) is 0 Å². The predicted octanol–water partition coefficient (Wildman–Crippen LogP) is 20.4. The highest BCUT2D eigenvalue weighted by atomic mass is 16.6. The van der Waals surface area contributed by atoms with E-state index in [1.807, 2.05) is 0 Å². The monoisotopic (exact) mass is 1010 g/mol. The van der Waals surface area contributed by atoms with Crippen molar-refractivity contribution in [3.8, 4) is 0 Å². The second kappa shape index (κ2) is 60.4. The first kappa shape index (κ1) is 68.8. The van der Waals surface area contributed by atoms with Gasteiger partial charge in [0.15, 0.2) is 6.10 Å². The Kier molecular flexibility index (Phi) is 56.9. The zero-order valence-corrected chi connectivity index (χ0v) is 47.4. The Morgan fingerprint density at radius 1 is 0.288 bits per heavy atom. The zero-order chi connectivity index (χ0) is 52.9. The molecule has 0 N–H and O–H groups in total. The predicted molar refractivity (Wildman–Crippen MR) is 316 cm³/mol. The smallest absolute Gasteiger partial charge is 0.306 e. The highest BCUT2D eigenvalue weighted by molar-refractivity contribution is 5.71. The standard InChI is InChI=1S/C67H110O6/c1-4-7-10-13-16-19-21-23-24-25-26-27-28-29-30-31-32-33-34-35-36-37-38-39-40-41-42-43-44-45-47-48-51-54-57-60-66(69)72-63-64(62-71-65(68)59-56-53-50-18-15-12-9-6-3)73-67(70)61-58-55-52-49-46-22-20-17-14-11-8-5-2/h7,10,16-17,19-20,23-24,26-27,29-30,32-33,35-36,38-39,41-42,64H,4-6,8-9,11-15,18,21-22,25,28,31,34,37,40,43-63H2,1-3H3/b10-7-,19-16-,20-17-,24-23-,27-26-,30-29-,33-32-,36-35-,39-38-,42-41-. The minimum Gasteiger partial charge on any atom is -0.462 e. The van der Waals surface area contributed by atoms with E-state index in [1.54, 1.807) is 0 Å². The quantitative estimate of drug-likeness (QED) is 0.0261. The highest BCUT2D eigenvalue weighted by Crippen LogP contribution is 2.14. The Labute approximate surface area is 450 Å². The zero-order valence-electron chi connectivity index (χ0n) is 47.4. The van der Waals surface area contributed by atoms with Gasteiger partial charge < -0.3 is 14.2 Å². The average molecular weight is 1010 g/mol. The Bertz CT molecular complexity index is 1540. The van der Waals surface area contributed by atoms with Crippen LogP contribution in [0.2, 0.25) is 0 Å². The molecule has 0 bridgehead atoms. The van der Waals surface area contributed by atoms with E-state index >= 15 is 0 Å². The fourth-order valence-corrected chi connectivity index (χ4v) is 7.96. The molecule has 0 spiro atoms. The molecule has 0 radical (unpaired) electrons. The van der Waals surface area contributed by atoms with Crippen molar-refractivity contribution in [2.75, 3.05) is 13.2 Å². The summed E-state index contributed by atoms with van der Waals surface area (Å²) in [7, 11) is 0.